The van der Waals surface area contributed by atoms with E-state index in [2.05, 4.69) is 37.9 Å². The highest BCUT2D eigenvalue weighted by Crippen LogP contribution is 2.06. The Balaban J connectivity index is 3.69. The summed E-state index contributed by atoms with van der Waals surface area (Å²) in [6, 6.07) is 0.748. The highest BCUT2D eigenvalue weighted by Gasteiger charge is 2.10. The van der Waals surface area contributed by atoms with Crippen LogP contribution in [0.2, 0.25) is 0 Å². The molecule has 0 bridgehead atoms. The summed E-state index contributed by atoms with van der Waals surface area (Å²) in [4.78, 5) is 2.64. The average molecular weight is 214 g/mol. The van der Waals surface area contributed by atoms with E-state index in [-0.39, 0.29) is 0 Å². The molecule has 0 amide bonds. The Morgan fingerprint density at radius 3 is 2.27 bits per heavy atom. The summed E-state index contributed by atoms with van der Waals surface area (Å²) in [6.45, 7) is 13.9. The average Bonchev–Trinajstić information content (AvgIpc) is 2.27. The van der Waals surface area contributed by atoms with Crippen LogP contribution in [0.3, 0.4) is 0 Å². The molecule has 15 heavy (non-hydrogen) atoms. The molecule has 0 heterocycles. The molecule has 1 atom stereocenters. The third-order valence-electron chi connectivity index (χ3n) is 3.06. The lowest BCUT2D eigenvalue weighted by atomic mass is 10.2. The topological polar surface area (TPSA) is 15.3 Å². The second kappa shape index (κ2) is 10.4. The van der Waals surface area contributed by atoms with Crippen LogP contribution in [0.25, 0.3) is 0 Å². The zero-order chi connectivity index (χ0) is 11.5. The summed E-state index contributed by atoms with van der Waals surface area (Å²) in [5, 5.41) is 3.39. The fraction of sp³-hybridized carbons (Fsp3) is 1.00. The van der Waals surface area contributed by atoms with Crippen molar-refractivity contribution in [1.82, 2.24) is 10.2 Å². The van der Waals surface area contributed by atoms with Gasteiger partial charge in [0.1, 0.15) is 0 Å². The van der Waals surface area contributed by atoms with Crippen LogP contribution in [-0.4, -0.2) is 37.1 Å². The van der Waals surface area contributed by atoms with E-state index in [9.17, 15) is 0 Å². The van der Waals surface area contributed by atoms with Crippen molar-refractivity contribution < 1.29 is 0 Å². The Morgan fingerprint density at radius 2 is 1.73 bits per heavy atom. The molecule has 0 rings (SSSR count). The quantitative estimate of drug-likeness (QED) is 0.563. The Labute approximate surface area is 96.4 Å². The third-order valence-corrected chi connectivity index (χ3v) is 3.06. The molecule has 2 heteroatoms. The van der Waals surface area contributed by atoms with E-state index in [4.69, 9.17) is 0 Å². The van der Waals surface area contributed by atoms with Crippen molar-refractivity contribution in [1.29, 1.82) is 0 Å². The predicted molar refractivity (Wildman–Crippen MR) is 69.4 cm³/mol. The lowest BCUT2D eigenvalue weighted by Crippen LogP contribution is -2.35. The molecule has 0 fully saturated rings. The van der Waals surface area contributed by atoms with Crippen LogP contribution in [0, 0.1) is 0 Å². The minimum atomic E-state index is 0.748. The lowest BCUT2D eigenvalue weighted by Gasteiger charge is -2.28. The zero-order valence-corrected chi connectivity index (χ0v) is 11.2. The molecule has 0 spiro atoms. The Hall–Kier alpha value is -0.0800. The van der Waals surface area contributed by atoms with E-state index in [1.54, 1.807) is 0 Å². The van der Waals surface area contributed by atoms with Crippen LogP contribution < -0.4 is 5.32 Å². The van der Waals surface area contributed by atoms with Crippen LogP contribution >= 0.6 is 0 Å². The first-order valence-electron chi connectivity index (χ1n) is 6.70. The molecule has 0 aliphatic heterocycles. The number of hydrogen-bond donors (Lipinski definition) is 1. The van der Waals surface area contributed by atoms with Gasteiger partial charge in [-0.15, -0.1) is 0 Å². The first-order chi connectivity index (χ1) is 7.26. The number of nitrogens with one attached hydrogen (secondary N) is 1. The summed E-state index contributed by atoms with van der Waals surface area (Å²) in [6.07, 6.45) is 5.19. The molecule has 2 nitrogen and oxygen atoms in total. The lowest BCUT2D eigenvalue weighted by molar-refractivity contribution is 0.198. The summed E-state index contributed by atoms with van der Waals surface area (Å²) >= 11 is 0. The van der Waals surface area contributed by atoms with Crippen LogP contribution in [0.15, 0.2) is 0 Å². The smallest absolute Gasteiger partial charge is 0.00643 e. The van der Waals surface area contributed by atoms with Gasteiger partial charge in [0, 0.05) is 6.04 Å². The van der Waals surface area contributed by atoms with Gasteiger partial charge in [-0.05, 0) is 52.4 Å². The molecule has 0 radical (unpaired) electrons. The SMILES string of the molecule is CCCCN(CCCNCC)C(C)CC. The zero-order valence-electron chi connectivity index (χ0n) is 11.2. The third kappa shape index (κ3) is 7.80. The molecule has 0 aliphatic rings. The molecule has 92 valence electrons. The minimum absolute atomic E-state index is 0.748. The van der Waals surface area contributed by atoms with E-state index in [1.165, 1.54) is 38.8 Å². The summed E-state index contributed by atoms with van der Waals surface area (Å²) in [5.74, 6) is 0. The van der Waals surface area contributed by atoms with Gasteiger partial charge in [-0.3, -0.25) is 0 Å². The summed E-state index contributed by atoms with van der Waals surface area (Å²) in [5.41, 5.74) is 0. The van der Waals surface area contributed by atoms with Crippen molar-refractivity contribution in [2.45, 2.75) is 59.4 Å². The van der Waals surface area contributed by atoms with Crippen LogP contribution in [0.5, 0.6) is 0 Å². The predicted octanol–water partition coefficient (Wildman–Crippen LogP) is 2.89. The monoisotopic (exact) mass is 214 g/mol. The molecule has 0 aromatic carbocycles. The first kappa shape index (κ1) is 14.9. The highest BCUT2D eigenvalue weighted by molar-refractivity contribution is 4.66. The van der Waals surface area contributed by atoms with Crippen LogP contribution in [-0.2, 0) is 0 Å². The van der Waals surface area contributed by atoms with Crippen LogP contribution in [0.4, 0.5) is 0 Å². The molecule has 0 aromatic heterocycles. The van der Waals surface area contributed by atoms with Gasteiger partial charge in [-0.2, -0.15) is 0 Å². The fourth-order valence-electron chi connectivity index (χ4n) is 1.76. The minimum Gasteiger partial charge on any atom is -0.317 e. The van der Waals surface area contributed by atoms with E-state index in [0.717, 1.165) is 19.1 Å². The standard InChI is InChI=1S/C13H30N2/c1-5-8-11-15(13(4)6-2)12-9-10-14-7-3/h13-14H,5-12H2,1-4H3. The molecular weight excluding hydrogens is 184 g/mol. The number of nitrogens with zero attached hydrogens (tertiary/aromatic N) is 1. The van der Waals surface area contributed by atoms with Crippen molar-refractivity contribution in [2.24, 2.45) is 0 Å². The fourth-order valence-corrected chi connectivity index (χ4v) is 1.76. The van der Waals surface area contributed by atoms with Gasteiger partial charge in [0.05, 0.1) is 0 Å². The molecule has 0 aliphatic carbocycles. The number of hydrogen-bond acceptors (Lipinski definition) is 2. The molecule has 1 N–H and O–H groups in total. The van der Waals surface area contributed by atoms with Crippen molar-refractivity contribution in [3.8, 4) is 0 Å². The second-order valence-corrected chi connectivity index (χ2v) is 4.35. The van der Waals surface area contributed by atoms with Crippen LogP contribution in [0.1, 0.15) is 53.4 Å². The van der Waals surface area contributed by atoms with Gasteiger partial charge in [-0.1, -0.05) is 27.2 Å². The molecular formula is C13H30N2. The number of unbranched alkanes of at least 4 members (excludes halogenated alkanes) is 1. The highest BCUT2D eigenvalue weighted by atomic mass is 15.1. The van der Waals surface area contributed by atoms with Gasteiger partial charge in [-0.25, -0.2) is 0 Å². The number of rotatable bonds is 10. The van der Waals surface area contributed by atoms with Gasteiger partial charge in [0.25, 0.3) is 0 Å². The maximum Gasteiger partial charge on any atom is 0.00643 e. The largest absolute Gasteiger partial charge is 0.317 e. The second-order valence-electron chi connectivity index (χ2n) is 4.35. The van der Waals surface area contributed by atoms with Crippen molar-refractivity contribution >= 4 is 0 Å². The van der Waals surface area contributed by atoms with Gasteiger partial charge in [0.2, 0.25) is 0 Å². The van der Waals surface area contributed by atoms with Crippen molar-refractivity contribution in [3.63, 3.8) is 0 Å². The summed E-state index contributed by atoms with van der Waals surface area (Å²) < 4.78 is 0. The van der Waals surface area contributed by atoms with E-state index in [1.807, 2.05) is 0 Å². The molecule has 0 saturated heterocycles. The molecule has 0 aromatic rings. The first-order valence-corrected chi connectivity index (χ1v) is 6.70. The van der Waals surface area contributed by atoms with Gasteiger partial charge < -0.3 is 10.2 Å². The molecule has 1 unspecified atom stereocenters. The maximum absolute atomic E-state index is 3.39. The van der Waals surface area contributed by atoms with Crippen molar-refractivity contribution in [3.05, 3.63) is 0 Å². The Kier molecular flexibility index (Phi) is 10.4. The van der Waals surface area contributed by atoms with E-state index in [0.29, 0.717) is 0 Å². The normalized spacial score (nSPS) is 13.4. The maximum atomic E-state index is 3.39. The Bertz CT molecular complexity index is 126. The Morgan fingerprint density at radius 1 is 1.07 bits per heavy atom. The van der Waals surface area contributed by atoms with E-state index >= 15 is 0 Å². The van der Waals surface area contributed by atoms with Gasteiger partial charge >= 0.3 is 0 Å². The van der Waals surface area contributed by atoms with Crippen molar-refractivity contribution in [2.75, 3.05) is 26.2 Å². The summed E-state index contributed by atoms with van der Waals surface area (Å²) in [7, 11) is 0. The van der Waals surface area contributed by atoms with Gasteiger partial charge in [0.15, 0.2) is 0 Å². The van der Waals surface area contributed by atoms with E-state index < -0.39 is 0 Å². The molecule has 0 saturated carbocycles.